The van der Waals surface area contributed by atoms with Crippen LogP contribution < -0.4 is 5.32 Å². The fourth-order valence-electron chi connectivity index (χ4n) is 1.31. The maximum atomic E-state index is 13.8. The van der Waals surface area contributed by atoms with E-state index in [1.165, 1.54) is 17.4 Å². The van der Waals surface area contributed by atoms with Gasteiger partial charge < -0.3 is 5.32 Å². The van der Waals surface area contributed by atoms with Crippen molar-refractivity contribution in [3.8, 4) is 10.6 Å². The van der Waals surface area contributed by atoms with Gasteiger partial charge in [-0.2, -0.15) is 0 Å². The quantitative estimate of drug-likeness (QED) is 0.931. The highest BCUT2D eigenvalue weighted by Gasteiger charge is 2.15. The number of halogens is 2. The number of aromatic nitrogens is 2. The number of nitrogens with one attached hydrogen (secondary N) is 1. The number of nitrogens with zero attached hydrogens (tertiary/aromatic N) is 2. The molecule has 1 unspecified atom stereocenters. The molecule has 0 bridgehead atoms. The Morgan fingerprint density at radius 2 is 2.18 bits per heavy atom. The molecule has 3 nitrogen and oxygen atoms in total. The summed E-state index contributed by atoms with van der Waals surface area (Å²) in [6.45, 7) is 1.97. The molecule has 0 amide bonds. The van der Waals surface area contributed by atoms with E-state index in [1.807, 2.05) is 14.0 Å². The second-order valence-electron chi connectivity index (χ2n) is 3.56. The van der Waals surface area contributed by atoms with Gasteiger partial charge in [0.2, 0.25) is 0 Å². The zero-order valence-electron chi connectivity index (χ0n) is 9.37. The molecule has 0 spiro atoms. The lowest BCUT2D eigenvalue weighted by Gasteiger charge is -2.03. The predicted octanol–water partition coefficient (Wildman–Crippen LogP) is 3.28. The van der Waals surface area contributed by atoms with E-state index < -0.39 is 5.82 Å². The van der Waals surface area contributed by atoms with Crippen LogP contribution in [0, 0.1) is 5.82 Å². The minimum Gasteiger partial charge on any atom is -0.311 e. The summed E-state index contributed by atoms with van der Waals surface area (Å²) in [6.07, 6.45) is 0. The van der Waals surface area contributed by atoms with Gasteiger partial charge in [-0.1, -0.05) is 29.0 Å². The lowest BCUT2D eigenvalue weighted by Crippen LogP contribution is -2.11. The minimum atomic E-state index is -0.450. The first-order valence-electron chi connectivity index (χ1n) is 5.08. The van der Waals surface area contributed by atoms with Crippen molar-refractivity contribution in [2.24, 2.45) is 0 Å². The monoisotopic (exact) mass is 271 g/mol. The molecule has 17 heavy (non-hydrogen) atoms. The van der Waals surface area contributed by atoms with Gasteiger partial charge >= 0.3 is 0 Å². The SMILES string of the molecule is CNC(C)c1nnc(-c2cccc(Cl)c2F)s1. The van der Waals surface area contributed by atoms with E-state index in [4.69, 9.17) is 11.6 Å². The molecule has 2 aromatic rings. The van der Waals surface area contributed by atoms with Crippen LogP contribution in [-0.2, 0) is 0 Å². The Kier molecular flexibility index (Phi) is 3.71. The Morgan fingerprint density at radius 1 is 1.41 bits per heavy atom. The van der Waals surface area contributed by atoms with E-state index in [0.717, 1.165) is 5.01 Å². The van der Waals surface area contributed by atoms with Crippen LogP contribution in [0.15, 0.2) is 18.2 Å². The van der Waals surface area contributed by atoms with E-state index in [-0.39, 0.29) is 11.1 Å². The standard InChI is InChI=1S/C11H11ClFN3S/c1-6(14-2)10-15-16-11(17-10)7-4-3-5-8(12)9(7)13/h3-6,14H,1-2H3. The summed E-state index contributed by atoms with van der Waals surface area (Å²) in [4.78, 5) is 0. The van der Waals surface area contributed by atoms with Crippen molar-refractivity contribution in [2.75, 3.05) is 7.05 Å². The second-order valence-corrected chi connectivity index (χ2v) is 4.97. The van der Waals surface area contributed by atoms with Gasteiger partial charge in [-0.15, -0.1) is 10.2 Å². The van der Waals surface area contributed by atoms with Crippen molar-refractivity contribution >= 4 is 22.9 Å². The molecule has 0 saturated heterocycles. The van der Waals surface area contributed by atoms with Crippen molar-refractivity contribution in [3.63, 3.8) is 0 Å². The van der Waals surface area contributed by atoms with E-state index in [2.05, 4.69) is 15.5 Å². The normalized spacial score (nSPS) is 12.7. The fourth-order valence-corrected chi connectivity index (χ4v) is 2.41. The molecule has 90 valence electrons. The third-order valence-corrected chi connectivity index (χ3v) is 3.86. The minimum absolute atomic E-state index is 0.0981. The molecule has 0 aliphatic heterocycles. The van der Waals surface area contributed by atoms with Gasteiger partial charge in [0.25, 0.3) is 0 Å². The predicted molar refractivity (Wildman–Crippen MR) is 67.8 cm³/mol. The van der Waals surface area contributed by atoms with Gasteiger partial charge in [-0.05, 0) is 26.1 Å². The highest BCUT2D eigenvalue weighted by Crippen LogP contribution is 2.31. The van der Waals surface area contributed by atoms with E-state index >= 15 is 0 Å². The first kappa shape index (κ1) is 12.4. The van der Waals surface area contributed by atoms with Gasteiger partial charge in [-0.3, -0.25) is 0 Å². The molecule has 0 aliphatic carbocycles. The summed E-state index contributed by atoms with van der Waals surface area (Å²) in [6, 6.07) is 4.96. The summed E-state index contributed by atoms with van der Waals surface area (Å²) in [5.41, 5.74) is 0.393. The molecule has 0 fully saturated rings. The molecule has 0 aliphatic rings. The summed E-state index contributed by atoms with van der Waals surface area (Å²) < 4.78 is 13.8. The maximum absolute atomic E-state index is 13.8. The van der Waals surface area contributed by atoms with Crippen molar-refractivity contribution in [1.82, 2.24) is 15.5 Å². The third-order valence-electron chi connectivity index (χ3n) is 2.43. The average molecular weight is 272 g/mol. The molecule has 2 rings (SSSR count). The molecule has 1 N–H and O–H groups in total. The molecule has 1 aromatic heterocycles. The summed E-state index contributed by atoms with van der Waals surface area (Å²) in [7, 11) is 1.84. The fraction of sp³-hybridized carbons (Fsp3) is 0.273. The van der Waals surface area contributed by atoms with Crippen LogP contribution in [0.25, 0.3) is 10.6 Å². The molecule has 0 saturated carbocycles. The zero-order chi connectivity index (χ0) is 12.4. The van der Waals surface area contributed by atoms with Crippen LogP contribution in [0.1, 0.15) is 18.0 Å². The zero-order valence-corrected chi connectivity index (χ0v) is 10.9. The van der Waals surface area contributed by atoms with Gasteiger partial charge in [0.1, 0.15) is 5.01 Å². The summed E-state index contributed by atoms with van der Waals surface area (Å²) >= 11 is 7.09. The third kappa shape index (κ3) is 2.46. The molecular formula is C11H11ClFN3S. The Hall–Kier alpha value is -1.04. The summed E-state index contributed by atoms with van der Waals surface area (Å²) in [5, 5.41) is 12.5. The molecule has 1 heterocycles. The van der Waals surface area contributed by atoms with Gasteiger partial charge in [0.15, 0.2) is 10.8 Å². The number of rotatable bonds is 3. The highest BCUT2D eigenvalue weighted by molar-refractivity contribution is 7.14. The average Bonchev–Trinajstić information content (AvgIpc) is 2.81. The van der Waals surface area contributed by atoms with Crippen LogP contribution >= 0.6 is 22.9 Å². The smallest absolute Gasteiger partial charge is 0.152 e. The molecule has 6 heteroatoms. The van der Waals surface area contributed by atoms with Crippen molar-refractivity contribution in [2.45, 2.75) is 13.0 Å². The Balaban J connectivity index is 2.40. The van der Waals surface area contributed by atoms with Crippen molar-refractivity contribution < 1.29 is 4.39 Å². The van der Waals surface area contributed by atoms with Gasteiger partial charge in [0.05, 0.1) is 11.1 Å². The van der Waals surface area contributed by atoms with E-state index in [9.17, 15) is 4.39 Å². The van der Waals surface area contributed by atoms with Crippen LogP contribution in [0.3, 0.4) is 0 Å². The van der Waals surface area contributed by atoms with Crippen LogP contribution in [-0.4, -0.2) is 17.2 Å². The van der Waals surface area contributed by atoms with Crippen molar-refractivity contribution in [3.05, 3.63) is 34.0 Å². The van der Waals surface area contributed by atoms with Crippen molar-refractivity contribution in [1.29, 1.82) is 0 Å². The Labute approximate surface area is 108 Å². The Bertz CT molecular complexity index is 529. The highest BCUT2D eigenvalue weighted by atomic mass is 35.5. The first-order chi connectivity index (χ1) is 8.13. The Morgan fingerprint density at radius 3 is 2.88 bits per heavy atom. The first-order valence-corrected chi connectivity index (χ1v) is 6.28. The van der Waals surface area contributed by atoms with Gasteiger partial charge in [-0.25, -0.2) is 4.39 Å². The lowest BCUT2D eigenvalue weighted by atomic mass is 10.2. The van der Waals surface area contributed by atoms with E-state index in [1.54, 1.807) is 12.1 Å². The largest absolute Gasteiger partial charge is 0.311 e. The molecular weight excluding hydrogens is 261 g/mol. The summed E-state index contributed by atoms with van der Waals surface area (Å²) in [5.74, 6) is -0.450. The van der Waals surface area contributed by atoms with Crippen LogP contribution in [0.4, 0.5) is 4.39 Å². The van der Waals surface area contributed by atoms with E-state index in [0.29, 0.717) is 10.6 Å². The maximum Gasteiger partial charge on any atom is 0.152 e. The number of benzene rings is 1. The molecule has 1 aromatic carbocycles. The number of hydrogen-bond donors (Lipinski definition) is 1. The van der Waals surface area contributed by atoms with Gasteiger partial charge in [0, 0.05) is 5.56 Å². The lowest BCUT2D eigenvalue weighted by molar-refractivity contribution is 0.630. The van der Waals surface area contributed by atoms with Crippen LogP contribution in [0.5, 0.6) is 0 Å². The second kappa shape index (κ2) is 5.08. The topological polar surface area (TPSA) is 37.8 Å². The molecule has 1 atom stereocenters. The van der Waals surface area contributed by atoms with Crippen LogP contribution in [0.2, 0.25) is 5.02 Å². The molecule has 0 radical (unpaired) electrons. The number of hydrogen-bond acceptors (Lipinski definition) is 4.